The highest BCUT2D eigenvalue weighted by atomic mass is 16.7. The van der Waals surface area contributed by atoms with Crippen LogP contribution in [-0.2, 0) is 11.3 Å². The van der Waals surface area contributed by atoms with Crippen molar-refractivity contribution in [2.24, 2.45) is 0 Å². The number of carbonyl (C=O) groups is 1. The first-order chi connectivity index (χ1) is 12.2. The summed E-state index contributed by atoms with van der Waals surface area (Å²) in [5.41, 5.74) is 7.67. The Hall–Kier alpha value is -3.66. The molecule has 0 saturated carbocycles. The maximum absolute atomic E-state index is 12.1. The van der Waals surface area contributed by atoms with Crippen molar-refractivity contribution in [2.75, 3.05) is 17.8 Å². The Morgan fingerprint density at radius 1 is 1.20 bits per heavy atom. The average molecular weight is 336 g/mol. The maximum atomic E-state index is 12.1. The standard InChI is InChI=1S/C18H16N4O3/c19-8-13(18(23)22-15-4-2-14(20)3-5-15)10-21-9-12-1-6-16-17(7-12)25-11-24-16/h1-7,10,21H,9,11,20H2,(H,22,23)/b13-10-. The fourth-order valence-electron chi connectivity index (χ4n) is 2.24. The highest BCUT2D eigenvalue weighted by Gasteiger charge is 2.13. The third kappa shape index (κ3) is 4.00. The molecule has 0 unspecified atom stereocenters. The van der Waals surface area contributed by atoms with Crippen LogP contribution in [0.25, 0.3) is 0 Å². The van der Waals surface area contributed by atoms with E-state index in [1.807, 2.05) is 24.3 Å². The van der Waals surface area contributed by atoms with Crippen molar-refractivity contribution >= 4 is 17.3 Å². The minimum Gasteiger partial charge on any atom is -0.454 e. The molecule has 7 heteroatoms. The number of nitrogen functional groups attached to an aromatic ring is 1. The Labute approximate surface area is 144 Å². The molecule has 7 nitrogen and oxygen atoms in total. The lowest BCUT2D eigenvalue weighted by Crippen LogP contribution is -2.16. The van der Waals surface area contributed by atoms with Crippen molar-refractivity contribution in [3.8, 4) is 17.6 Å². The van der Waals surface area contributed by atoms with Crippen LogP contribution in [0.5, 0.6) is 11.5 Å². The number of carbonyl (C=O) groups excluding carboxylic acids is 1. The molecule has 0 aromatic heterocycles. The largest absolute Gasteiger partial charge is 0.454 e. The first kappa shape index (κ1) is 16.2. The minimum absolute atomic E-state index is 0.0300. The van der Waals surface area contributed by atoms with E-state index >= 15 is 0 Å². The van der Waals surface area contributed by atoms with Crippen LogP contribution in [0, 0.1) is 11.3 Å². The van der Waals surface area contributed by atoms with Crippen LogP contribution in [-0.4, -0.2) is 12.7 Å². The van der Waals surface area contributed by atoms with Crippen molar-refractivity contribution < 1.29 is 14.3 Å². The van der Waals surface area contributed by atoms with E-state index in [1.165, 1.54) is 6.20 Å². The van der Waals surface area contributed by atoms with E-state index in [2.05, 4.69) is 10.6 Å². The van der Waals surface area contributed by atoms with Gasteiger partial charge in [-0.25, -0.2) is 0 Å². The number of benzene rings is 2. The molecule has 0 spiro atoms. The summed E-state index contributed by atoms with van der Waals surface area (Å²) in [6.07, 6.45) is 1.39. The zero-order chi connectivity index (χ0) is 17.6. The fraction of sp³-hybridized carbons (Fsp3) is 0.111. The molecular formula is C18H16N4O3. The molecule has 1 aliphatic rings. The Morgan fingerprint density at radius 3 is 2.72 bits per heavy atom. The molecule has 1 aliphatic heterocycles. The number of nitrogens with one attached hydrogen (secondary N) is 2. The monoisotopic (exact) mass is 336 g/mol. The normalized spacial score (nSPS) is 12.4. The molecule has 0 atom stereocenters. The number of rotatable bonds is 5. The molecular weight excluding hydrogens is 320 g/mol. The molecule has 0 fully saturated rings. The van der Waals surface area contributed by atoms with Crippen molar-refractivity contribution in [1.29, 1.82) is 5.26 Å². The predicted octanol–water partition coefficient (Wildman–Crippen LogP) is 2.13. The summed E-state index contributed by atoms with van der Waals surface area (Å²) in [6, 6.07) is 14.1. The number of amides is 1. The number of nitrogens with two attached hydrogens (primary N) is 1. The molecule has 2 aromatic rings. The quantitative estimate of drug-likeness (QED) is 0.438. The average Bonchev–Trinajstić information content (AvgIpc) is 3.08. The van der Waals surface area contributed by atoms with Gasteiger partial charge in [0.1, 0.15) is 11.6 Å². The van der Waals surface area contributed by atoms with Crippen LogP contribution in [0.3, 0.4) is 0 Å². The van der Waals surface area contributed by atoms with Gasteiger partial charge in [0.05, 0.1) is 0 Å². The Balaban J connectivity index is 1.59. The van der Waals surface area contributed by atoms with E-state index < -0.39 is 5.91 Å². The third-order valence-electron chi connectivity index (χ3n) is 3.52. The van der Waals surface area contributed by atoms with Crippen LogP contribution in [0.1, 0.15) is 5.56 Å². The molecule has 4 N–H and O–H groups in total. The molecule has 1 heterocycles. The number of hydrogen-bond acceptors (Lipinski definition) is 6. The summed E-state index contributed by atoms with van der Waals surface area (Å²) in [5.74, 6) is 0.898. The summed E-state index contributed by atoms with van der Waals surface area (Å²) in [6.45, 7) is 0.660. The van der Waals surface area contributed by atoms with Gasteiger partial charge in [-0.2, -0.15) is 5.26 Å². The summed E-state index contributed by atoms with van der Waals surface area (Å²) in [7, 11) is 0. The molecule has 0 saturated heterocycles. The summed E-state index contributed by atoms with van der Waals surface area (Å²) in [5, 5.41) is 14.8. The number of nitriles is 1. The molecule has 0 bridgehead atoms. The lowest BCUT2D eigenvalue weighted by atomic mass is 10.2. The van der Waals surface area contributed by atoms with Crippen molar-refractivity contribution in [2.45, 2.75) is 6.54 Å². The van der Waals surface area contributed by atoms with Gasteiger partial charge < -0.3 is 25.8 Å². The van der Waals surface area contributed by atoms with Crippen molar-refractivity contribution in [3.63, 3.8) is 0 Å². The second-order valence-corrected chi connectivity index (χ2v) is 5.31. The Kier molecular flexibility index (Phi) is 4.72. The first-order valence-electron chi connectivity index (χ1n) is 7.55. The van der Waals surface area contributed by atoms with E-state index in [9.17, 15) is 4.79 Å². The highest BCUT2D eigenvalue weighted by Crippen LogP contribution is 2.32. The van der Waals surface area contributed by atoms with Crippen molar-refractivity contribution in [1.82, 2.24) is 5.32 Å². The molecule has 25 heavy (non-hydrogen) atoms. The van der Waals surface area contributed by atoms with Gasteiger partial charge in [-0.1, -0.05) is 6.07 Å². The summed E-state index contributed by atoms with van der Waals surface area (Å²) in [4.78, 5) is 12.1. The van der Waals surface area contributed by atoms with Crippen molar-refractivity contribution in [3.05, 3.63) is 59.8 Å². The molecule has 126 valence electrons. The van der Waals surface area contributed by atoms with Gasteiger partial charge in [-0.15, -0.1) is 0 Å². The van der Waals surface area contributed by atoms with Gasteiger partial charge in [0.2, 0.25) is 6.79 Å². The maximum Gasteiger partial charge on any atom is 0.267 e. The Bertz CT molecular complexity index is 854. The van der Waals surface area contributed by atoms with E-state index in [0.717, 1.165) is 5.56 Å². The van der Waals surface area contributed by atoms with Crippen LogP contribution in [0.4, 0.5) is 11.4 Å². The lowest BCUT2D eigenvalue weighted by molar-refractivity contribution is -0.112. The smallest absolute Gasteiger partial charge is 0.267 e. The SMILES string of the molecule is N#C/C(=C/NCc1ccc2c(c1)OCO2)C(=O)Nc1ccc(N)cc1. The van der Waals surface area contributed by atoms with Gasteiger partial charge in [-0.3, -0.25) is 4.79 Å². The summed E-state index contributed by atoms with van der Waals surface area (Å²) >= 11 is 0. The number of fused-ring (bicyclic) bond motifs is 1. The second-order valence-electron chi connectivity index (χ2n) is 5.31. The number of hydrogen-bond donors (Lipinski definition) is 3. The second kappa shape index (κ2) is 7.27. The van der Waals surface area contributed by atoms with Gasteiger partial charge in [0, 0.05) is 24.1 Å². The summed E-state index contributed by atoms with van der Waals surface area (Å²) < 4.78 is 10.6. The van der Waals surface area contributed by atoms with E-state index in [-0.39, 0.29) is 12.4 Å². The van der Waals surface area contributed by atoms with Gasteiger partial charge in [-0.05, 0) is 42.0 Å². The van der Waals surface area contributed by atoms with Gasteiger partial charge in [0.15, 0.2) is 11.5 Å². The van der Waals surface area contributed by atoms with Crippen LogP contribution in [0.15, 0.2) is 54.2 Å². The Morgan fingerprint density at radius 2 is 1.96 bits per heavy atom. The fourth-order valence-corrected chi connectivity index (χ4v) is 2.24. The van der Waals surface area contributed by atoms with Gasteiger partial charge in [0.25, 0.3) is 5.91 Å². The zero-order valence-corrected chi connectivity index (χ0v) is 13.3. The number of nitrogens with zero attached hydrogens (tertiary/aromatic N) is 1. The zero-order valence-electron chi connectivity index (χ0n) is 13.3. The number of anilines is 2. The number of ether oxygens (including phenoxy) is 2. The van der Waals surface area contributed by atoms with E-state index in [4.69, 9.17) is 20.5 Å². The highest BCUT2D eigenvalue weighted by molar-refractivity contribution is 6.06. The lowest BCUT2D eigenvalue weighted by Gasteiger charge is -2.06. The third-order valence-corrected chi connectivity index (χ3v) is 3.52. The molecule has 3 rings (SSSR count). The molecule has 2 aromatic carbocycles. The topological polar surface area (TPSA) is 109 Å². The first-order valence-corrected chi connectivity index (χ1v) is 7.55. The molecule has 0 radical (unpaired) electrons. The van der Waals surface area contributed by atoms with Crippen LogP contribution >= 0.6 is 0 Å². The molecule has 1 amide bonds. The molecule has 0 aliphatic carbocycles. The van der Waals surface area contributed by atoms with Gasteiger partial charge >= 0.3 is 0 Å². The predicted molar refractivity (Wildman–Crippen MR) is 92.6 cm³/mol. The van der Waals surface area contributed by atoms with Crippen LogP contribution < -0.4 is 25.8 Å². The van der Waals surface area contributed by atoms with Crippen LogP contribution in [0.2, 0.25) is 0 Å². The minimum atomic E-state index is -0.495. The van der Waals surface area contributed by atoms with E-state index in [0.29, 0.717) is 29.4 Å². The van der Waals surface area contributed by atoms with E-state index in [1.54, 1.807) is 24.3 Å².